The Morgan fingerprint density at radius 1 is 1.13 bits per heavy atom. The molecular formula is C12H15NO2. The lowest BCUT2D eigenvalue weighted by Crippen LogP contribution is -2.30. The maximum atomic E-state index is 11.3. The minimum Gasteiger partial charge on any atom is -0.282 e. The predicted molar refractivity (Wildman–Crippen MR) is 57.0 cm³/mol. The molecule has 0 aromatic carbocycles. The molecule has 2 aliphatic rings. The molecule has 0 aromatic heterocycles. The monoisotopic (exact) mass is 205 g/mol. The fourth-order valence-electron chi connectivity index (χ4n) is 1.97. The number of rotatable bonds is 3. The molecule has 3 nitrogen and oxygen atoms in total. The van der Waals surface area contributed by atoms with Crippen molar-refractivity contribution in [3.8, 4) is 0 Å². The third-order valence-electron chi connectivity index (χ3n) is 2.85. The van der Waals surface area contributed by atoms with Gasteiger partial charge in [-0.15, -0.1) is 0 Å². The SMILES string of the molecule is O=C1CCC(=O)N1CCC1=CCCC=C1. The molecule has 0 N–H and O–H groups in total. The van der Waals surface area contributed by atoms with E-state index in [1.807, 2.05) is 0 Å². The second kappa shape index (κ2) is 4.43. The van der Waals surface area contributed by atoms with Crippen LogP contribution in [0.1, 0.15) is 32.1 Å². The zero-order valence-corrected chi connectivity index (χ0v) is 8.74. The van der Waals surface area contributed by atoms with E-state index in [1.165, 1.54) is 10.5 Å². The molecule has 1 saturated heterocycles. The van der Waals surface area contributed by atoms with E-state index in [-0.39, 0.29) is 11.8 Å². The number of amides is 2. The van der Waals surface area contributed by atoms with Gasteiger partial charge in [0.2, 0.25) is 11.8 Å². The summed E-state index contributed by atoms with van der Waals surface area (Å²) in [5.74, 6) is -0.0271. The quantitative estimate of drug-likeness (QED) is 0.659. The summed E-state index contributed by atoms with van der Waals surface area (Å²) >= 11 is 0. The van der Waals surface area contributed by atoms with Crippen LogP contribution in [0.25, 0.3) is 0 Å². The fourth-order valence-corrected chi connectivity index (χ4v) is 1.97. The molecule has 1 aliphatic carbocycles. The van der Waals surface area contributed by atoms with E-state index < -0.39 is 0 Å². The van der Waals surface area contributed by atoms with Crippen molar-refractivity contribution in [2.75, 3.05) is 6.54 Å². The Kier molecular flexibility index (Phi) is 2.99. The largest absolute Gasteiger partial charge is 0.282 e. The van der Waals surface area contributed by atoms with Gasteiger partial charge in [0.05, 0.1) is 0 Å². The van der Waals surface area contributed by atoms with Crippen LogP contribution in [0.2, 0.25) is 0 Å². The van der Waals surface area contributed by atoms with Crippen molar-refractivity contribution in [1.82, 2.24) is 4.90 Å². The molecule has 3 heteroatoms. The molecule has 0 unspecified atom stereocenters. The van der Waals surface area contributed by atoms with Gasteiger partial charge in [-0.05, 0) is 19.3 Å². The van der Waals surface area contributed by atoms with Gasteiger partial charge in [-0.3, -0.25) is 14.5 Å². The average molecular weight is 205 g/mol. The molecule has 0 saturated carbocycles. The van der Waals surface area contributed by atoms with Crippen LogP contribution in [0.4, 0.5) is 0 Å². The Morgan fingerprint density at radius 3 is 2.47 bits per heavy atom. The van der Waals surface area contributed by atoms with Crippen LogP contribution in [0.15, 0.2) is 23.8 Å². The first-order valence-corrected chi connectivity index (χ1v) is 5.46. The average Bonchev–Trinajstić information content (AvgIpc) is 2.58. The van der Waals surface area contributed by atoms with Crippen LogP contribution in [-0.2, 0) is 9.59 Å². The number of allylic oxidation sites excluding steroid dienone is 3. The summed E-state index contributed by atoms with van der Waals surface area (Å²) in [7, 11) is 0. The molecule has 1 aliphatic heterocycles. The molecule has 0 atom stereocenters. The first-order valence-electron chi connectivity index (χ1n) is 5.46. The summed E-state index contributed by atoms with van der Waals surface area (Å²) in [5, 5.41) is 0. The van der Waals surface area contributed by atoms with Crippen LogP contribution < -0.4 is 0 Å². The third kappa shape index (κ3) is 2.35. The summed E-state index contributed by atoms with van der Waals surface area (Å²) < 4.78 is 0. The van der Waals surface area contributed by atoms with Crippen molar-refractivity contribution in [3.05, 3.63) is 23.8 Å². The van der Waals surface area contributed by atoms with Gasteiger partial charge >= 0.3 is 0 Å². The second-order valence-electron chi connectivity index (χ2n) is 3.95. The third-order valence-corrected chi connectivity index (χ3v) is 2.85. The Bertz CT molecular complexity index is 326. The van der Waals surface area contributed by atoms with E-state index in [4.69, 9.17) is 0 Å². The number of imide groups is 1. The molecule has 15 heavy (non-hydrogen) atoms. The van der Waals surface area contributed by atoms with Crippen molar-refractivity contribution in [3.63, 3.8) is 0 Å². The van der Waals surface area contributed by atoms with Crippen molar-refractivity contribution in [2.24, 2.45) is 0 Å². The standard InChI is InChI=1S/C12H15NO2/c14-11-6-7-12(15)13(11)9-8-10-4-2-1-3-5-10/h2,4-5H,1,3,6-9H2. The van der Waals surface area contributed by atoms with E-state index >= 15 is 0 Å². The first kappa shape index (κ1) is 10.1. The van der Waals surface area contributed by atoms with Crippen molar-refractivity contribution in [1.29, 1.82) is 0 Å². The number of carbonyl (C=O) groups is 2. The lowest BCUT2D eigenvalue weighted by atomic mass is 10.0. The summed E-state index contributed by atoms with van der Waals surface area (Å²) in [4.78, 5) is 24.0. The number of nitrogens with zero attached hydrogens (tertiary/aromatic N) is 1. The zero-order valence-electron chi connectivity index (χ0n) is 8.74. The van der Waals surface area contributed by atoms with Gasteiger partial charge in [-0.25, -0.2) is 0 Å². The summed E-state index contributed by atoms with van der Waals surface area (Å²) in [5.41, 5.74) is 1.24. The highest BCUT2D eigenvalue weighted by Crippen LogP contribution is 2.17. The predicted octanol–water partition coefficient (Wildman–Crippen LogP) is 1.80. The second-order valence-corrected chi connectivity index (χ2v) is 3.95. The molecule has 0 radical (unpaired) electrons. The molecule has 1 heterocycles. The number of likely N-dealkylation sites (tertiary alicyclic amines) is 1. The number of hydrogen-bond acceptors (Lipinski definition) is 2. The van der Waals surface area contributed by atoms with Gasteiger partial charge in [0, 0.05) is 19.4 Å². The number of hydrogen-bond donors (Lipinski definition) is 0. The summed E-state index contributed by atoms with van der Waals surface area (Å²) in [6.45, 7) is 0.549. The van der Waals surface area contributed by atoms with E-state index in [9.17, 15) is 9.59 Å². The molecule has 1 fully saturated rings. The topological polar surface area (TPSA) is 37.4 Å². The number of carbonyl (C=O) groups excluding carboxylic acids is 2. The molecule has 2 amide bonds. The minimum atomic E-state index is -0.0135. The Balaban J connectivity index is 1.87. The van der Waals surface area contributed by atoms with Gasteiger partial charge in [0.25, 0.3) is 0 Å². The molecular weight excluding hydrogens is 190 g/mol. The molecule has 2 rings (SSSR count). The first-order chi connectivity index (χ1) is 7.27. The zero-order chi connectivity index (χ0) is 10.7. The van der Waals surface area contributed by atoms with Gasteiger partial charge < -0.3 is 0 Å². The van der Waals surface area contributed by atoms with Gasteiger partial charge in [0.1, 0.15) is 0 Å². The maximum absolute atomic E-state index is 11.3. The van der Waals surface area contributed by atoms with Gasteiger partial charge in [0.15, 0.2) is 0 Å². The Morgan fingerprint density at radius 2 is 1.87 bits per heavy atom. The molecule has 0 bridgehead atoms. The van der Waals surface area contributed by atoms with Gasteiger partial charge in [-0.2, -0.15) is 0 Å². The molecule has 0 spiro atoms. The van der Waals surface area contributed by atoms with Crippen LogP contribution in [0, 0.1) is 0 Å². The van der Waals surface area contributed by atoms with Crippen LogP contribution in [0.5, 0.6) is 0 Å². The van der Waals surface area contributed by atoms with Crippen LogP contribution >= 0.6 is 0 Å². The van der Waals surface area contributed by atoms with E-state index in [1.54, 1.807) is 0 Å². The van der Waals surface area contributed by atoms with Crippen molar-refractivity contribution < 1.29 is 9.59 Å². The molecule has 0 aromatic rings. The smallest absolute Gasteiger partial charge is 0.229 e. The maximum Gasteiger partial charge on any atom is 0.229 e. The van der Waals surface area contributed by atoms with Crippen molar-refractivity contribution in [2.45, 2.75) is 32.1 Å². The minimum absolute atomic E-state index is 0.0135. The highest BCUT2D eigenvalue weighted by Gasteiger charge is 2.28. The lowest BCUT2D eigenvalue weighted by molar-refractivity contribution is -0.138. The van der Waals surface area contributed by atoms with E-state index in [2.05, 4.69) is 18.2 Å². The summed E-state index contributed by atoms with van der Waals surface area (Å²) in [6, 6.07) is 0. The highest BCUT2D eigenvalue weighted by molar-refractivity contribution is 6.01. The summed E-state index contributed by atoms with van der Waals surface area (Å²) in [6.07, 6.45) is 10.2. The van der Waals surface area contributed by atoms with Crippen LogP contribution in [-0.4, -0.2) is 23.3 Å². The highest BCUT2D eigenvalue weighted by atomic mass is 16.2. The van der Waals surface area contributed by atoms with E-state index in [0.29, 0.717) is 19.4 Å². The normalized spacial score (nSPS) is 21.1. The van der Waals surface area contributed by atoms with Crippen LogP contribution in [0.3, 0.4) is 0 Å². The Labute approximate surface area is 89.4 Å². The Hall–Kier alpha value is -1.38. The molecule has 80 valence electrons. The van der Waals surface area contributed by atoms with Gasteiger partial charge in [-0.1, -0.05) is 23.8 Å². The fraction of sp³-hybridized carbons (Fsp3) is 0.500. The van der Waals surface area contributed by atoms with Crippen molar-refractivity contribution >= 4 is 11.8 Å². The lowest BCUT2D eigenvalue weighted by Gasteiger charge is -2.14. The van der Waals surface area contributed by atoms with E-state index in [0.717, 1.165) is 19.3 Å².